The lowest BCUT2D eigenvalue weighted by molar-refractivity contribution is -0.137. The van der Waals surface area contributed by atoms with Crippen LogP contribution in [0.4, 0.5) is 5.69 Å². The minimum atomic E-state index is -0.329. The fourth-order valence-corrected chi connectivity index (χ4v) is 1.95. The second kappa shape index (κ2) is 5.99. The van der Waals surface area contributed by atoms with Crippen molar-refractivity contribution in [1.29, 1.82) is 0 Å². The molecule has 2 rings (SSSR count). The molecule has 0 aliphatic carbocycles. The fourth-order valence-electron chi connectivity index (χ4n) is 1.68. The molecule has 0 atom stereocenters. The van der Waals surface area contributed by atoms with E-state index < -0.39 is 0 Å². The number of benzene rings is 1. The molecule has 2 amide bonds. The van der Waals surface area contributed by atoms with Gasteiger partial charge in [-0.25, -0.2) is 0 Å². The molecule has 1 aromatic carbocycles. The zero-order valence-electron chi connectivity index (χ0n) is 10.4. The Labute approximate surface area is 119 Å². The van der Waals surface area contributed by atoms with E-state index in [1.54, 1.807) is 0 Å². The topological polar surface area (TPSA) is 58.6 Å². The van der Waals surface area contributed by atoms with E-state index in [1.165, 1.54) is 13.2 Å². The SMILES string of the molecule is COCCN1C(=O)C=C(Nc2ccc(Br)cc2)C1=O. The Hall–Kier alpha value is -1.66. The maximum atomic E-state index is 12.0. The zero-order chi connectivity index (χ0) is 13.8. The highest BCUT2D eigenvalue weighted by Gasteiger charge is 2.30. The number of rotatable bonds is 5. The normalized spacial score (nSPS) is 14.8. The Kier molecular flexibility index (Phi) is 4.34. The highest BCUT2D eigenvalue weighted by atomic mass is 79.9. The Morgan fingerprint density at radius 3 is 2.58 bits per heavy atom. The molecule has 0 saturated carbocycles. The van der Waals surface area contributed by atoms with Crippen LogP contribution in [0.1, 0.15) is 0 Å². The van der Waals surface area contributed by atoms with Crippen molar-refractivity contribution in [3.8, 4) is 0 Å². The summed E-state index contributed by atoms with van der Waals surface area (Å²) >= 11 is 3.33. The van der Waals surface area contributed by atoms with Gasteiger partial charge in [-0.1, -0.05) is 15.9 Å². The second-order valence-corrected chi connectivity index (χ2v) is 4.89. The van der Waals surface area contributed by atoms with Gasteiger partial charge in [0, 0.05) is 23.3 Å². The average Bonchev–Trinajstić information content (AvgIpc) is 2.65. The molecule has 1 heterocycles. The smallest absolute Gasteiger partial charge is 0.277 e. The summed E-state index contributed by atoms with van der Waals surface area (Å²) in [5.41, 5.74) is 1.03. The predicted octanol–water partition coefficient (Wildman–Crippen LogP) is 1.76. The summed E-state index contributed by atoms with van der Waals surface area (Å²) in [5, 5.41) is 2.94. The molecule has 1 aliphatic rings. The lowest BCUT2D eigenvalue weighted by atomic mass is 10.3. The average molecular weight is 325 g/mol. The maximum absolute atomic E-state index is 12.0. The number of carbonyl (C=O) groups excluding carboxylic acids is 2. The summed E-state index contributed by atoms with van der Waals surface area (Å²) in [7, 11) is 1.53. The second-order valence-electron chi connectivity index (χ2n) is 3.98. The van der Waals surface area contributed by atoms with Crippen molar-refractivity contribution in [2.24, 2.45) is 0 Å². The van der Waals surface area contributed by atoms with Gasteiger partial charge < -0.3 is 10.1 Å². The Balaban J connectivity index is 2.05. The van der Waals surface area contributed by atoms with Crippen LogP contribution in [-0.4, -0.2) is 37.0 Å². The van der Waals surface area contributed by atoms with Gasteiger partial charge in [-0.3, -0.25) is 14.5 Å². The van der Waals surface area contributed by atoms with Gasteiger partial charge in [0.1, 0.15) is 5.70 Å². The Bertz CT molecular complexity index is 525. The van der Waals surface area contributed by atoms with E-state index >= 15 is 0 Å². The molecule has 0 bridgehead atoms. The van der Waals surface area contributed by atoms with E-state index in [9.17, 15) is 9.59 Å². The highest BCUT2D eigenvalue weighted by molar-refractivity contribution is 9.10. The number of nitrogens with zero attached hydrogens (tertiary/aromatic N) is 1. The molecule has 1 aromatic rings. The molecule has 6 heteroatoms. The molecule has 0 unspecified atom stereocenters. The third-order valence-corrected chi connectivity index (χ3v) is 3.18. The van der Waals surface area contributed by atoms with Gasteiger partial charge >= 0.3 is 0 Å². The van der Waals surface area contributed by atoms with E-state index in [0.29, 0.717) is 6.61 Å². The van der Waals surface area contributed by atoms with Gasteiger partial charge in [-0.15, -0.1) is 0 Å². The first kappa shape index (κ1) is 13.8. The van der Waals surface area contributed by atoms with Crippen molar-refractivity contribution in [1.82, 2.24) is 4.90 Å². The standard InChI is InChI=1S/C13H13BrN2O3/c1-19-7-6-16-12(17)8-11(13(16)18)15-10-4-2-9(14)3-5-10/h2-5,8,15H,6-7H2,1H3. The van der Waals surface area contributed by atoms with Crippen LogP contribution < -0.4 is 5.32 Å². The number of hydrogen-bond donors (Lipinski definition) is 1. The number of imide groups is 1. The first-order valence-electron chi connectivity index (χ1n) is 5.71. The summed E-state index contributed by atoms with van der Waals surface area (Å²) in [6, 6.07) is 7.35. The van der Waals surface area contributed by atoms with E-state index in [0.717, 1.165) is 15.1 Å². The molecule has 19 heavy (non-hydrogen) atoms. The fraction of sp³-hybridized carbons (Fsp3) is 0.231. The molecule has 0 saturated heterocycles. The quantitative estimate of drug-likeness (QED) is 0.838. The van der Waals surface area contributed by atoms with Crippen LogP contribution in [0.3, 0.4) is 0 Å². The third kappa shape index (κ3) is 3.21. The summed E-state index contributed by atoms with van der Waals surface area (Å²) in [4.78, 5) is 24.8. The molecular weight excluding hydrogens is 312 g/mol. The van der Waals surface area contributed by atoms with Gasteiger partial charge in [0.05, 0.1) is 13.2 Å². The summed E-state index contributed by atoms with van der Waals surface area (Å²) < 4.78 is 5.82. The van der Waals surface area contributed by atoms with Crippen LogP contribution in [-0.2, 0) is 14.3 Å². The van der Waals surface area contributed by atoms with E-state index in [-0.39, 0.29) is 24.1 Å². The number of ether oxygens (including phenoxy) is 1. The molecule has 1 N–H and O–H groups in total. The molecular formula is C13H13BrN2O3. The Morgan fingerprint density at radius 2 is 1.95 bits per heavy atom. The van der Waals surface area contributed by atoms with Crippen molar-refractivity contribution >= 4 is 33.4 Å². The molecule has 0 aromatic heterocycles. The van der Waals surface area contributed by atoms with Gasteiger partial charge in [0.15, 0.2) is 0 Å². The lowest BCUT2D eigenvalue weighted by Crippen LogP contribution is -2.34. The van der Waals surface area contributed by atoms with Crippen LogP contribution in [0.5, 0.6) is 0 Å². The minimum Gasteiger partial charge on any atom is -0.383 e. The number of nitrogens with one attached hydrogen (secondary N) is 1. The number of carbonyl (C=O) groups is 2. The van der Waals surface area contributed by atoms with Crippen molar-refractivity contribution < 1.29 is 14.3 Å². The van der Waals surface area contributed by atoms with Crippen LogP contribution in [0.15, 0.2) is 40.5 Å². The number of hydrogen-bond acceptors (Lipinski definition) is 4. The lowest BCUT2D eigenvalue weighted by Gasteiger charge is -2.14. The van der Waals surface area contributed by atoms with Crippen LogP contribution in [0.25, 0.3) is 0 Å². The van der Waals surface area contributed by atoms with E-state index in [2.05, 4.69) is 21.2 Å². The van der Waals surface area contributed by atoms with Gasteiger partial charge in [0.2, 0.25) is 0 Å². The molecule has 0 fully saturated rings. The first-order chi connectivity index (χ1) is 9.11. The number of amides is 2. The molecule has 0 spiro atoms. The van der Waals surface area contributed by atoms with Crippen molar-refractivity contribution in [2.75, 3.05) is 25.6 Å². The molecule has 5 nitrogen and oxygen atoms in total. The highest BCUT2D eigenvalue weighted by Crippen LogP contribution is 2.19. The van der Waals surface area contributed by atoms with Gasteiger partial charge in [0.25, 0.3) is 11.8 Å². The monoisotopic (exact) mass is 324 g/mol. The van der Waals surface area contributed by atoms with Crippen LogP contribution in [0, 0.1) is 0 Å². The van der Waals surface area contributed by atoms with Crippen molar-refractivity contribution in [2.45, 2.75) is 0 Å². The molecule has 1 aliphatic heterocycles. The summed E-state index contributed by atoms with van der Waals surface area (Å²) in [6.07, 6.45) is 1.31. The Morgan fingerprint density at radius 1 is 1.26 bits per heavy atom. The van der Waals surface area contributed by atoms with Gasteiger partial charge in [-0.2, -0.15) is 0 Å². The van der Waals surface area contributed by atoms with E-state index in [4.69, 9.17) is 4.74 Å². The predicted molar refractivity (Wildman–Crippen MR) is 74.4 cm³/mol. The minimum absolute atomic E-state index is 0.260. The largest absolute Gasteiger partial charge is 0.383 e. The number of halogens is 1. The van der Waals surface area contributed by atoms with Crippen LogP contribution >= 0.6 is 15.9 Å². The summed E-state index contributed by atoms with van der Waals surface area (Å²) in [5.74, 6) is -0.647. The van der Waals surface area contributed by atoms with E-state index in [1.807, 2.05) is 24.3 Å². The number of anilines is 1. The number of methoxy groups -OCH3 is 1. The molecule has 100 valence electrons. The summed E-state index contributed by atoms with van der Waals surface area (Å²) in [6.45, 7) is 0.590. The third-order valence-electron chi connectivity index (χ3n) is 2.65. The molecule has 0 radical (unpaired) electrons. The van der Waals surface area contributed by atoms with Crippen molar-refractivity contribution in [3.05, 3.63) is 40.5 Å². The van der Waals surface area contributed by atoms with Crippen LogP contribution in [0.2, 0.25) is 0 Å². The van der Waals surface area contributed by atoms with Gasteiger partial charge in [-0.05, 0) is 24.3 Å². The first-order valence-corrected chi connectivity index (χ1v) is 6.50. The zero-order valence-corrected chi connectivity index (χ0v) is 11.9. The maximum Gasteiger partial charge on any atom is 0.277 e. The van der Waals surface area contributed by atoms with Crippen molar-refractivity contribution in [3.63, 3.8) is 0 Å².